The third kappa shape index (κ3) is 8.51. The summed E-state index contributed by atoms with van der Waals surface area (Å²) >= 11 is 12.4. The molecule has 1 N–H and O–H groups in total. The van der Waals surface area contributed by atoms with Crippen LogP contribution in [-0.4, -0.2) is 35.9 Å². The van der Waals surface area contributed by atoms with Gasteiger partial charge in [0.2, 0.25) is 5.91 Å². The summed E-state index contributed by atoms with van der Waals surface area (Å²) in [5.41, 5.74) is 3.78. The van der Waals surface area contributed by atoms with E-state index in [1.54, 1.807) is 17.0 Å². The van der Waals surface area contributed by atoms with Gasteiger partial charge in [0.1, 0.15) is 11.8 Å². The molecule has 5 nitrogen and oxygen atoms in total. The Labute approximate surface area is 229 Å². The molecular weight excluding hydrogens is 507 g/mol. The number of nitrogens with zero attached hydrogens (tertiary/aromatic N) is 1. The van der Waals surface area contributed by atoms with Crippen LogP contribution in [0.15, 0.2) is 66.7 Å². The molecule has 0 saturated carbocycles. The molecule has 37 heavy (non-hydrogen) atoms. The van der Waals surface area contributed by atoms with Gasteiger partial charge in [0.15, 0.2) is 6.61 Å². The summed E-state index contributed by atoms with van der Waals surface area (Å²) < 4.78 is 5.92. The molecule has 3 aromatic carbocycles. The predicted molar refractivity (Wildman–Crippen MR) is 150 cm³/mol. The Kier molecular flexibility index (Phi) is 10.4. The van der Waals surface area contributed by atoms with E-state index in [0.29, 0.717) is 28.8 Å². The number of aryl methyl sites for hydroxylation is 2. The molecule has 0 aliphatic heterocycles. The zero-order valence-electron chi connectivity index (χ0n) is 21.8. The molecular formula is C30H34Cl2N2O3. The van der Waals surface area contributed by atoms with Gasteiger partial charge >= 0.3 is 0 Å². The number of amides is 2. The van der Waals surface area contributed by atoms with Crippen molar-refractivity contribution in [3.8, 4) is 5.75 Å². The molecule has 3 rings (SSSR count). The van der Waals surface area contributed by atoms with E-state index in [1.165, 1.54) is 0 Å². The molecule has 0 bridgehead atoms. The maximum Gasteiger partial charge on any atom is 0.261 e. The van der Waals surface area contributed by atoms with Gasteiger partial charge in [-0.2, -0.15) is 0 Å². The van der Waals surface area contributed by atoms with Crippen molar-refractivity contribution in [1.82, 2.24) is 10.2 Å². The normalized spacial score (nSPS) is 11.8. The first-order chi connectivity index (χ1) is 17.6. The lowest BCUT2D eigenvalue weighted by Gasteiger charge is -2.32. The first kappa shape index (κ1) is 28.5. The molecule has 7 heteroatoms. The second-order valence-electron chi connectivity index (χ2n) is 9.67. The van der Waals surface area contributed by atoms with E-state index in [2.05, 4.69) is 5.32 Å². The summed E-state index contributed by atoms with van der Waals surface area (Å²) in [4.78, 5) is 28.7. The molecule has 0 saturated heterocycles. The summed E-state index contributed by atoms with van der Waals surface area (Å²) in [6, 6.07) is 20.0. The molecule has 2 amide bonds. The Morgan fingerprint density at radius 2 is 1.65 bits per heavy atom. The van der Waals surface area contributed by atoms with Crippen LogP contribution in [0.1, 0.15) is 36.1 Å². The number of halogens is 2. The van der Waals surface area contributed by atoms with Gasteiger partial charge in [-0.3, -0.25) is 9.59 Å². The van der Waals surface area contributed by atoms with Crippen LogP contribution in [0.4, 0.5) is 0 Å². The minimum absolute atomic E-state index is 0.179. The number of hydrogen-bond donors (Lipinski definition) is 1. The lowest BCUT2D eigenvalue weighted by molar-refractivity contribution is -0.142. The maximum atomic E-state index is 13.7. The topological polar surface area (TPSA) is 58.6 Å². The number of benzene rings is 3. The first-order valence-corrected chi connectivity index (χ1v) is 13.1. The summed E-state index contributed by atoms with van der Waals surface area (Å²) in [5, 5.41) is 3.83. The molecule has 196 valence electrons. The molecule has 0 unspecified atom stereocenters. The average molecular weight is 542 g/mol. The Morgan fingerprint density at radius 1 is 0.919 bits per heavy atom. The zero-order chi connectivity index (χ0) is 26.9. The Balaban J connectivity index is 1.93. The highest BCUT2D eigenvalue weighted by atomic mass is 35.5. The Hall–Kier alpha value is -3.02. The fourth-order valence-corrected chi connectivity index (χ4v) is 4.32. The van der Waals surface area contributed by atoms with E-state index in [0.717, 1.165) is 22.3 Å². The molecule has 3 aromatic rings. The van der Waals surface area contributed by atoms with Crippen molar-refractivity contribution >= 4 is 35.0 Å². The van der Waals surface area contributed by atoms with Gasteiger partial charge in [-0.15, -0.1) is 0 Å². The molecule has 0 aliphatic carbocycles. The first-order valence-electron chi connectivity index (χ1n) is 12.4. The average Bonchev–Trinajstić information content (AvgIpc) is 2.86. The van der Waals surface area contributed by atoms with Crippen LogP contribution < -0.4 is 10.1 Å². The number of ether oxygens (including phenoxy) is 1. The van der Waals surface area contributed by atoms with E-state index in [4.69, 9.17) is 27.9 Å². The van der Waals surface area contributed by atoms with Gasteiger partial charge in [-0.05, 0) is 54.7 Å². The number of carbonyl (C=O) groups is 2. The summed E-state index contributed by atoms with van der Waals surface area (Å²) in [5.74, 6) is 0.398. The van der Waals surface area contributed by atoms with Gasteiger partial charge in [0.05, 0.1) is 10.0 Å². The van der Waals surface area contributed by atoms with Crippen molar-refractivity contribution in [3.63, 3.8) is 0 Å². The Bertz CT molecular complexity index is 1210. The molecule has 0 radical (unpaired) electrons. The van der Waals surface area contributed by atoms with E-state index in [-0.39, 0.29) is 30.9 Å². The minimum Gasteiger partial charge on any atom is -0.483 e. The smallest absolute Gasteiger partial charge is 0.261 e. The number of hydrogen-bond acceptors (Lipinski definition) is 3. The second-order valence-corrected chi connectivity index (χ2v) is 10.5. The van der Waals surface area contributed by atoms with Crippen molar-refractivity contribution in [2.75, 3.05) is 13.2 Å². The van der Waals surface area contributed by atoms with Crippen LogP contribution in [0.5, 0.6) is 5.75 Å². The third-order valence-electron chi connectivity index (χ3n) is 5.97. The molecule has 1 atom stereocenters. The standard InChI is InChI=1S/C30H34Cl2N2O3/c1-20(2)17-33-30(36)27(16-23-8-6-5-7-9-23)34(18-24-11-12-25(31)26(32)15-24)29(35)19-37-28-13-10-21(3)14-22(28)4/h5-15,20,27H,16-19H2,1-4H3,(H,33,36)/t27-/m1/s1. The SMILES string of the molecule is Cc1ccc(OCC(=O)N(Cc2ccc(Cl)c(Cl)c2)[C@H](Cc2ccccc2)C(=O)NCC(C)C)c(C)c1. The highest BCUT2D eigenvalue weighted by Gasteiger charge is 2.31. The fraction of sp³-hybridized carbons (Fsp3) is 0.333. The Morgan fingerprint density at radius 3 is 2.30 bits per heavy atom. The van der Waals surface area contributed by atoms with Crippen molar-refractivity contribution in [3.05, 3.63) is 99.0 Å². The van der Waals surface area contributed by atoms with Crippen LogP contribution in [0.2, 0.25) is 10.0 Å². The second kappa shape index (κ2) is 13.5. The number of nitrogens with one attached hydrogen (secondary N) is 1. The van der Waals surface area contributed by atoms with Crippen molar-refractivity contribution < 1.29 is 14.3 Å². The van der Waals surface area contributed by atoms with Crippen LogP contribution in [0, 0.1) is 19.8 Å². The van der Waals surface area contributed by atoms with Crippen molar-refractivity contribution in [1.29, 1.82) is 0 Å². The molecule has 0 aliphatic rings. The largest absolute Gasteiger partial charge is 0.483 e. The van der Waals surface area contributed by atoms with Gasteiger partial charge in [-0.25, -0.2) is 0 Å². The summed E-state index contributed by atoms with van der Waals surface area (Å²) in [6.45, 7) is 8.50. The molecule has 0 aromatic heterocycles. The minimum atomic E-state index is -0.745. The third-order valence-corrected chi connectivity index (χ3v) is 6.71. The number of carbonyl (C=O) groups excluding carboxylic acids is 2. The van der Waals surface area contributed by atoms with Gasteiger partial charge < -0.3 is 15.0 Å². The lowest BCUT2D eigenvalue weighted by atomic mass is 10.0. The van der Waals surface area contributed by atoms with E-state index in [1.807, 2.05) is 82.3 Å². The van der Waals surface area contributed by atoms with E-state index >= 15 is 0 Å². The van der Waals surface area contributed by atoms with Gasteiger partial charge in [0, 0.05) is 19.5 Å². The monoisotopic (exact) mass is 540 g/mol. The van der Waals surface area contributed by atoms with Crippen molar-refractivity contribution in [2.24, 2.45) is 5.92 Å². The van der Waals surface area contributed by atoms with E-state index in [9.17, 15) is 9.59 Å². The van der Waals surface area contributed by atoms with Crippen LogP contribution >= 0.6 is 23.2 Å². The van der Waals surface area contributed by atoms with Crippen LogP contribution in [-0.2, 0) is 22.6 Å². The van der Waals surface area contributed by atoms with Crippen LogP contribution in [0.3, 0.4) is 0 Å². The van der Waals surface area contributed by atoms with Gasteiger partial charge in [0.25, 0.3) is 5.91 Å². The zero-order valence-corrected chi connectivity index (χ0v) is 23.3. The maximum absolute atomic E-state index is 13.7. The van der Waals surface area contributed by atoms with Crippen molar-refractivity contribution in [2.45, 2.75) is 46.7 Å². The highest BCUT2D eigenvalue weighted by Crippen LogP contribution is 2.25. The lowest BCUT2D eigenvalue weighted by Crippen LogP contribution is -2.52. The fourth-order valence-electron chi connectivity index (χ4n) is 3.99. The predicted octanol–water partition coefficient (Wildman–Crippen LogP) is 6.40. The van der Waals surface area contributed by atoms with Gasteiger partial charge in [-0.1, -0.05) is 91.1 Å². The quantitative estimate of drug-likeness (QED) is 0.306. The summed E-state index contributed by atoms with van der Waals surface area (Å²) in [6.07, 6.45) is 0.362. The molecule has 0 heterocycles. The summed E-state index contributed by atoms with van der Waals surface area (Å²) in [7, 11) is 0. The van der Waals surface area contributed by atoms with Crippen LogP contribution in [0.25, 0.3) is 0 Å². The highest BCUT2D eigenvalue weighted by molar-refractivity contribution is 6.42. The number of rotatable bonds is 11. The molecule has 0 fully saturated rings. The molecule has 0 spiro atoms. The van der Waals surface area contributed by atoms with E-state index < -0.39 is 6.04 Å².